The van der Waals surface area contributed by atoms with Gasteiger partial charge in [0.25, 0.3) is 0 Å². The first kappa shape index (κ1) is 19.7. The molecule has 1 N–H and O–H groups in total. The zero-order valence-electron chi connectivity index (χ0n) is 16.1. The lowest BCUT2D eigenvalue weighted by Gasteiger charge is -2.17. The fourth-order valence-electron chi connectivity index (χ4n) is 3.36. The summed E-state index contributed by atoms with van der Waals surface area (Å²) in [5, 5.41) is 2.84. The van der Waals surface area contributed by atoms with Crippen molar-refractivity contribution < 1.29 is 14.3 Å². The minimum atomic E-state index is -0.0610. The van der Waals surface area contributed by atoms with E-state index in [-0.39, 0.29) is 36.9 Å². The van der Waals surface area contributed by atoms with Crippen molar-refractivity contribution in [1.82, 2.24) is 14.8 Å². The van der Waals surface area contributed by atoms with Crippen molar-refractivity contribution in [3.8, 4) is 0 Å². The Kier molecular flexibility index (Phi) is 6.79. The number of hydrogen-bond acceptors (Lipinski definition) is 4. The van der Waals surface area contributed by atoms with E-state index in [9.17, 15) is 9.59 Å². The molecule has 1 aromatic rings. The molecule has 0 aliphatic carbocycles. The second-order valence-electron chi connectivity index (χ2n) is 7.35. The molecule has 1 fully saturated rings. The molecule has 1 atom stereocenters. The van der Waals surface area contributed by atoms with Gasteiger partial charge in [0, 0.05) is 36.1 Å². The second kappa shape index (κ2) is 8.63. The molecule has 0 saturated carbocycles. The fraction of sp³-hybridized carbons (Fsp3) is 0.684. The summed E-state index contributed by atoms with van der Waals surface area (Å²) in [6.07, 6.45) is 2.43. The van der Waals surface area contributed by atoms with Gasteiger partial charge in [0.1, 0.15) is 0 Å². The smallest absolute Gasteiger partial charge is 0.234 e. The lowest BCUT2D eigenvalue weighted by molar-refractivity contribution is -0.122. The van der Waals surface area contributed by atoms with Gasteiger partial charge in [0.2, 0.25) is 5.91 Å². The van der Waals surface area contributed by atoms with E-state index >= 15 is 0 Å². The van der Waals surface area contributed by atoms with Gasteiger partial charge in [0.05, 0.1) is 19.2 Å². The molecule has 0 aromatic carbocycles. The number of aryl methyl sites for hydroxylation is 1. The molecule has 0 spiro atoms. The Morgan fingerprint density at radius 1 is 1.36 bits per heavy atom. The lowest BCUT2D eigenvalue weighted by Crippen LogP contribution is -2.40. The van der Waals surface area contributed by atoms with Crippen LogP contribution in [0.4, 0.5) is 0 Å². The number of aromatic nitrogens is 1. The molecule has 1 aliphatic rings. The SMILES string of the molecule is Cc1cc(C(=O)CN(C)CC(=O)NC(C)C)c(C)n1C[C@@H]1CCCO1. The van der Waals surface area contributed by atoms with Gasteiger partial charge in [-0.15, -0.1) is 0 Å². The Morgan fingerprint density at radius 2 is 2.08 bits per heavy atom. The van der Waals surface area contributed by atoms with Crippen molar-refractivity contribution in [3.05, 3.63) is 23.0 Å². The van der Waals surface area contributed by atoms with Crippen molar-refractivity contribution in [1.29, 1.82) is 0 Å². The highest BCUT2D eigenvalue weighted by Crippen LogP contribution is 2.20. The molecule has 6 nitrogen and oxygen atoms in total. The highest BCUT2D eigenvalue weighted by Gasteiger charge is 2.22. The van der Waals surface area contributed by atoms with E-state index in [0.29, 0.717) is 0 Å². The van der Waals surface area contributed by atoms with Gasteiger partial charge in [-0.2, -0.15) is 0 Å². The summed E-state index contributed by atoms with van der Waals surface area (Å²) in [4.78, 5) is 26.2. The number of likely N-dealkylation sites (N-methyl/N-ethyl adjacent to an activating group) is 1. The minimum Gasteiger partial charge on any atom is -0.376 e. The van der Waals surface area contributed by atoms with Crippen molar-refractivity contribution in [2.75, 3.05) is 26.7 Å². The van der Waals surface area contributed by atoms with Crippen LogP contribution in [0.5, 0.6) is 0 Å². The summed E-state index contributed by atoms with van der Waals surface area (Å²) in [5.74, 6) is -0.0132. The molecule has 0 radical (unpaired) electrons. The van der Waals surface area contributed by atoms with Crippen molar-refractivity contribution in [2.24, 2.45) is 0 Å². The van der Waals surface area contributed by atoms with E-state index in [1.54, 1.807) is 11.9 Å². The van der Waals surface area contributed by atoms with Crippen LogP contribution in [0, 0.1) is 13.8 Å². The first-order valence-corrected chi connectivity index (χ1v) is 9.07. The normalized spacial score (nSPS) is 17.5. The highest BCUT2D eigenvalue weighted by molar-refractivity contribution is 5.99. The van der Waals surface area contributed by atoms with E-state index in [0.717, 1.165) is 42.9 Å². The molecule has 1 saturated heterocycles. The van der Waals surface area contributed by atoms with Gasteiger partial charge in [-0.25, -0.2) is 0 Å². The van der Waals surface area contributed by atoms with Gasteiger partial charge < -0.3 is 14.6 Å². The summed E-state index contributed by atoms with van der Waals surface area (Å²) in [6, 6.07) is 2.06. The highest BCUT2D eigenvalue weighted by atomic mass is 16.5. The third kappa shape index (κ3) is 5.41. The second-order valence-corrected chi connectivity index (χ2v) is 7.35. The van der Waals surface area contributed by atoms with Crippen LogP contribution in [0.15, 0.2) is 6.07 Å². The number of ether oxygens (including phenoxy) is 1. The third-order valence-electron chi connectivity index (χ3n) is 4.56. The molecule has 1 amide bonds. The molecule has 2 rings (SSSR count). The zero-order chi connectivity index (χ0) is 18.6. The number of carbonyl (C=O) groups is 2. The zero-order valence-corrected chi connectivity index (χ0v) is 16.1. The molecule has 25 heavy (non-hydrogen) atoms. The number of nitrogens with one attached hydrogen (secondary N) is 1. The maximum absolute atomic E-state index is 12.7. The Labute approximate surface area is 150 Å². The minimum absolute atomic E-state index is 0.0477. The summed E-state index contributed by atoms with van der Waals surface area (Å²) < 4.78 is 7.89. The number of carbonyl (C=O) groups excluding carboxylic acids is 2. The monoisotopic (exact) mass is 349 g/mol. The maximum Gasteiger partial charge on any atom is 0.234 e. The van der Waals surface area contributed by atoms with Gasteiger partial charge in [-0.3, -0.25) is 14.5 Å². The molecule has 1 aromatic heterocycles. The van der Waals surface area contributed by atoms with Crippen molar-refractivity contribution >= 4 is 11.7 Å². The van der Waals surface area contributed by atoms with Crippen molar-refractivity contribution in [2.45, 2.75) is 59.2 Å². The van der Waals surface area contributed by atoms with Crippen molar-refractivity contribution in [3.63, 3.8) is 0 Å². The van der Waals surface area contributed by atoms with Crippen LogP contribution in [0.1, 0.15) is 48.4 Å². The Bertz CT molecular complexity index is 616. The van der Waals surface area contributed by atoms with Crippen LogP contribution in [-0.4, -0.2) is 60.0 Å². The average Bonchev–Trinajstić information content (AvgIpc) is 3.09. The van der Waals surface area contributed by atoms with E-state index in [4.69, 9.17) is 4.74 Å². The Morgan fingerprint density at radius 3 is 2.68 bits per heavy atom. The fourth-order valence-corrected chi connectivity index (χ4v) is 3.36. The van der Waals surface area contributed by atoms with Crippen LogP contribution in [0.25, 0.3) is 0 Å². The molecule has 1 aliphatic heterocycles. The standard InChI is InChI=1S/C19H31N3O3/c1-13(2)20-19(24)12-21(5)11-18(23)17-9-14(3)22(15(17)4)10-16-7-6-8-25-16/h9,13,16H,6-8,10-12H2,1-5H3,(H,20,24)/t16-/m0/s1. The quantitative estimate of drug-likeness (QED) is 0.729. The molecule has 6 heteroatoms. The topological polar surface area (TPSA) is 63.6 Å². The van der Waals surface area contributed by atoms with E-state index < -0.39 is 0 Å². The van der Waals surface area contributed by atoms with Crippen LogP contribution in [-0.2, 0) is 16.1 Å². The molecule has 0 bridgehead atoms. The molecular formula is C19H31N3O3. The first-order valence-electron chi connectivity index (χ1n) is 9.07. The van der Waals surface area contributed by atoms with Gasteiger partial charge in [-0.05, 0) is 53.7 Å². The number of ketones is 1. The van der Waals surface area contributed by atoms with E-state index in [2.05, 4.69) is 9.88 Å². The van der Waals surface area contributed by atoms with Crippen LogP contribution in [0.2, 0.25) is 0 Å². The molecule has 2 heterocycles. The van der Waals surface area contributed by atoms with Gasteiger partial charge >= 0.3 is 0 Å². The third-order valence-corrected chi connectivity index (χ3v) is 4.56. The average molecular weight is 349 g/mol. The number of nitrogens with zero attached hydrogens (tertiary/aromatic N) is 2. The first-order chi connectivity index (χ1) is 11.8. The number of amides is 1. The van der Waals surface area contributed by atoms with Gasteiger partial charge in [0.15, 0.2) is 5.78 Å². The number of Topliss-reactive ketones (excluding diaryl/α,β-unsaturated/α-hetero) is 1. The molecule has 140 valence electrons. The molecule has 0 unspecified atom stereocenters. The summed E-state index contributed by atoms with van der Waals surface area (Å²) >= 11 is 0. The largest absolute Gasteiger partial charge is 0.376 e. The van der Waals surface area contributed by atoms with Crippen LogP contribution >= 0.6 is 0 Å². The van der Waals surface area contributed by atoms with E-state index in [1.807, 2.05) is 33.8 Å². The van der Waals surface area contributed by atoms with Crippen LogP contribution < -0.4 is 5.32 Å². The van der Waals surface area contributed by atoms with E-state index in [1.165, 1.54) is 0 Å². The predicted molar refractivity (Wildman–Crippen MR) is 98.0 cm³/mol. The summed E-state index contributed by atoms with van der Waals surface area (Å²) in [7, 11) is 1.79. The Hall–Kier alpha value is -1.66. The molecular weight excluding hydrogens is 318 g/mol. The lowest BCUT2D eigenvalue weighted by atomic mass is 10.1. The number of rotatable bonds is 8. The maximum atomic E-state index is 12.7. The van der Waals surface area contributed by atoms with Crippen LogP contribution in [0.3, 0.4) is 0 Å². The summed E-state index contributed by atoms with van der Waals surface area (Å²) in [5.41, 5.74) is 2.81. The number of hydrogen-bond donors (Lipinski definition) is 1. The van der Waals surface area contributed by atoms with Gasteiger partial charge in [-0.1, -0.05) is 0 Å². The Balaban J connectivity index is 1.98. The predicted octanol–water partition coefficient (Wildman–Crippen LogP) is 1.92. The summed E-state index contributed by atoms with van der Waals surface area (Å²) in [6.45, 7) is 9.95.